The van der Waals surface area contributed by atoms with Crippen molar-refractivity contribution in [1.29, 1.82) is 0 Å². The molecule has 1 atom stereocenters. The van der Waals surface area contributed by atoms with Crippen molar-refractivity contribution in [3.8, 4) is 5.75 Å². The molecule has 1 aliphatic heterocycles. The average Bonchev–Trinajstić information content (AvgIpc) is 3.58. The quantitative estimate of drug-likeness (QED) is 0.220. The Morgan fingerprint density at radius 2 is 2.00 bits per heavy atom. The number of carboxylic acid groups (broad SMARTS) is 1. The van der Waals surface area contributed by atoms with Gasteiger partial charge in [-0.15, -0.1) is 11.3 Å². The fourth-order valence-electron chi connectivity index (χ4n) is 4.76. The fourth-order valence-corrected chi connectivity index (χ4v) is 7.18. The van der Waals surface area contributed by atoms with Gasteiger partial charge >= 0.3 is 6.09 Å². The number of methoxy groups -OCH3 is 1. The lowest BCUT2D eigenvalue weighted by Crippen LogP contribution is -2.44. The van der Waals surface area contributed by atoms with E-state index in [1.807, 2.05) is 6.07 Å². The van der Waals surface area contributed by atoms with Crippen molar-refractivity contribution in [3.05, 3.63) is 88.4 Å². The number of amides is 2. The first-order valence-corrected chi connectivity index (χ1v) is 14.9. The fraction of sp³-hybridized carbons (Fsp3) is 0.214. The zero-order valence-electron chi connectivity index (χ0n) is 22.0. The number of aliphatic imine (C=N–C) groups is 1. The van der Waals surface area contributed by atoms with Crippen LogP contribution < -0.4 is 10.5 Å². The Kier molecular flexibility index (Phi) is 8.01. The van der Waals surface area contributed by atoms with Crippen LogP contribution in [0.5, 0.6) is 5.75 Å². The molecule has 1 unspecified atom stereocenters. The lowest BCUT2D eigenvalue weighted by Gasteiger charge is -2.27. The summed E-state index contributed by atoms with van der Waals surface area (Å²) in [7, 11) is -2.58. The molecular weight excluding hydrogens is 566 g/mol. The standard InChI is InChI=1S/C28H27N5O6S2/c1-39-22-7-5-19-6-8-23(14-20(19)13-22)41(37,38)33(16-21-4-2-3-10-30-21)24-9-11-32(27(24)34)15-18-12-25(40-17-18)26(29)31-28(35)36/h2-8,10,12-14,17,24H,9,11,15-16H2,1H3,(H2,29,31)(H,35,36). The molecule has 0 radical (unpaired) electrons. The first kappa shape index (κ1) is 28.2. The molecule has 0 bridgehead atoms. The predicted octanol–water partition coefficient (Wildman–Crippen LogP) is 3.68. The highest BCUT2D eigenvalue weighted by Crippen LogP contribution is 2.30. The number of ether oxygens (including phenoxy) is 1. The SMILES string of the molecule is COc1ccc2ccc(S(=O)(=O)N(Cc3ccccn3)C3CCN(Cc4csc(/C(N)=N\C(=O)O)c4)C3=O)cc2c1. The van der Waals surface area contributed by atoms with E-state index in [-0.39, 0.29) is 29.7 Å². The van der Waals surface area contributed by atoms with Gasteiger partial charge in [0.1, 0.15) is 17.6 Å². The minimum absolute atomic E-state index is 0.0658. The maximum atomic E-state index is 14.1. The van der Waals surface area contributed by atoms with Crippen molar-refractivity contribution in [2.45, 2.75) is 30.4 Å². The van der Waals surface area contributed by atoms with Crippen LogP contribution in [-0.2, 0) is 27.9 Å². The molecule has 11 nitrogen and oxygen atoms in total. The highest BCUT2D eigenvalue weighted by atomic mass is 32.2. The Morgan fingerprint density at radius 1 is 1.20 bits per heavy atom. The second-order valence-corrected chi connectivity index (χ2v) is 12.2. The molecule has 13 heteroatoms. The Bertz CT molecular complexity index is 1740. The molecule has 0 saturated carbocycles. The number of carbonyl (C=O) groups is 2. The van der Waals surface area contributed by atoms with Crippen LogP contribution in [0.15, 0.2) is 82.1 Å². The van der Waals surface area contributed by atoms with Gasteiger partial charge in [0.2, 0.25) is 15.9 Å². The zero-order valence-corrected chi connectivity index (χ0v) is 23.6. The number of hydrogen-bond acceptors (Lipinski definition) is 7. The molecule has 2 aromatic heterocycles. The van der Waals surface area contributed by atoms with Crippen molar-refractivity contribution >= 4 is 50.0 Å². The zero-order chi connectivity index (χ0) is 29.1. The molecule has 2 amide bonds. The van der Waals surface area contributed by atoms with Gasteiger partial charge in [0, 0.05) is 19.3 Å². The van der Waals surface area contributed by atoms with E-state index in [1.54, 1.807) is 78.2 Å². The number of fused-ring (bicyclic) bond motifs is 1. The van der Waals surface area contributed by atoms with Gasteiger partial charge in [-0.05, 0) is 70.6 Å². The highest BCUT2D eigenvalue weighted by molar-refractivity contribution is 7.89. The summed E-state index contributed by atoms with van der Waals surface area (Å²) in [6, 6.07) is 16.3. The van der Waals surface area contributed by atoms with Gasteiger partial charge in [-0.1, -0.05) is 18.2 Å². The van der Waals surface area contributed by atoms with Gasteiger partial charge in [0.05, 0.1) is 29.1 Å². The molecule has 4 aromatic rings. The number of pyridine rings is 1. The van der Waals surface area contributed by atoms with E-state index < -0.39 is 22.2 Å². The van der Waals surface area contributed by atoms with Crippen LogP contribution in [0.1, 0.15) is 22.6 Å². The van der Waals surface area contributed by atoms with Gasteiger partial charge in [0.15, 0.2) is 0 Å². The molecule has 1 saturated heterocycles. The first-order chi connectivity index (χ1) is 19.7. The third-order valence-electron chi connectivity index (χ3n) is 6.78. The summed E-state index contributed by atoms with van der Waals surface area (Å²) in [5, 5.41) is 12.2. The van der Waals surface area contributed by atoms with Crippen molar-refractivity contribution in [2.24, 2.45) is 10.7 Å². The summed E-state index contributed by atoms with van der Waals surface area (Å²) in [4.78, 5) is 34.3. The number of carbonyl (C=O) groups excluding carboxylic acids is 1. The lowest BCUT2D eigenvalue weighted by atomic mass is 10.1. The number of hydrogen-bond donors (Lipinski definition) is 2. The number of amidine groups is 1. The van der Waals surface area contributed by atoms with Gasteiger partial charge in [0.25, 0.3) is 0 Å². The largest absolute Gasteiger partial charge is 0.497 e. The van der Waals surface area contributed by atoms with Crippen molar-refractivity contribution in [3.63, 3.8) is 0 Å². The van der Waals surface area contributed by atoms with E-state index in [2.05, 4.69) is 9.98 Å². The summed E-state index contributed by atoms with van der Waals surface area (Å²) in [6.07, 6.45) is 0.486. The minimum atomic E-state index is -4.12. The molecule has 212 valence electrons. The van der Waals surface area contributed by atoms with E-state index in [1.165, 1.54) is 15.6 Å². The third-order valence-corrected chi connectivity index (χ3v) is 9.63. The Labute approximate surface area is 240 Å². The molecule has 0 aliphatic carbocycles. The average molecular weight is 594 g/mol. The summed E-state index contributed by atoms with van der Waals surface area (Å²) < 4.78 is 34.8. The molecule has 3 N–H and O–H groups in total. The predicted molar refractivity (Wildman–Crippen MR) is 154 cm³/mol. The number of nitrogens with zero attached hydrogens (tertiary/aromatic N) is 4. The lowest BCUT2D eigenvalue weighted by molar-refractivity contribution is -0.131. The first-order valence-electron chi connectivity index (χ1n) is 12.6. The molecule has 5 rings (SSSR count). The Hall–Kier alpha value is -4.33. The van der Waals surface area contributed by atoms with Crippen LogP contribution in [0, 0.1) is 0 Å². The smallest absolute Gasteiger partial charge is 0.433 e. The van der Waals surface area contributed by atoms with Crippen molar-refractivity contribution in [1.82, 2.24) is 14.2 Å². The Morgan fingerprint density at radius 3 is 2.73 bits per heavy atom. The van der Waals surface area contributed by atoms with Crippen LogP contribution in [0.25, 0.3) is 10.8 Å². The van der Waals surface area contributed by atoms with E-state index in [4.69, 9.17) is 15.6 Å². The van der Waals surface area contributed by atoms with Crippen LogP contribution >= 0.6 is 11.3 Å². The summed E-state index contributed by atoms with van der Waals surface area (Å²) >= 11 is 1.22. The van der Waals surface area contributed by atoms with E-state index in [9.17, 15) is 18.0 Å². The molecule has 3 heterocycles. The summed E-state index contributed by atoms with van der Waals surface area (Å²) in [6.45, 7) is 0.490. The van der Waals surface area contributed by atoms with Crippen molar-refractivity contribution < 1.29 is 27.9 Å². The van der Waals surface area contributed by atoms with Gasteiger partial charge < -0.3 is 20.5 Å². The van der Waals surface area contributed by atoms with Crippen LogP contribution in [-0.4, -0.2) is 65.2 Å². The number of rotatable bonds is 9. The normalized spacial score (nSPS) is 16.0. The highest BCUT2D eigenvalue weighted by Gasteiger charge is 2.42. The van der Waals surface area contributed by atoms with Gasteiger partial charge in [-0.2, -0.15) is 9.30 Å². The van der Waals surface area contributed by atoms with E-state index >= 15 is 0 Å². The second kappa shape index (κ2) is 11.6. The molecule has 1 fully saturated rings. The maximum absolute atomic E-state index is 14.1. The molecule has 2 aromatic carbocycles. The van der Waals surface area contributed by atoms with Crippen LogP contribution in [0.2, 0.25) is 0 Å². The number of benzene rings is 2. The number of aromatic nitrogens is 1. The van der Waals surface area contributed by atoms with E-state index in [0.717, 1.165) is 10.9 Å². The summed E-state index contributed by atoms with van der Waals surface area (Å²) in [5.41, 5.74) is 7.00. The van der Waals surface area contributed by atoms with Crippen LogP contribution in [0.4, 0.5) is 4.79 Å². The minimum Gasteiger partial charge on any atom is -0.497 e. The van der Waals surface area contributed by atoms with Crippen LogP contribution in [0.3, 0.4) is 0 Å². The topological polar surface area (TPSA) is 155 Å². The van der Waals surface area contributed by atoms with Gasteiger partial charge in [-0.3, -0.25) is 9.78 Å². The third kappa shape index (κ3) is 6.06. The number of sulfonamides is 1. The molecule has 41 heavy (non-hydrogen) atoms. The Balaban J connectivity index is 1.44. The number of likely N-dealkylation sites (tertiary alicyclic amines) is 1. The maximum Gasteiger partial charge on any atom is 0.433 e. The number of thiophene rings is 1. The summed E-state index contributed by atoms with van der Waals surface area (Å²) in [5.74, 6) is 0.151. The molecular formula is C28H27N5O6S2. The van der Waals surface area contributed by atoms with Gasteiger partial charge in [-0.25, -0.2) is 13.2 Å². The molecule has 0 spiro atoms. The second-order valence-electron chi connectivity index (χ2n) is 9.41. The monoisotopic (exact) mass is 593 g/mol. The number of nitrogens with two attached hydrogens (primary N) is 1. The van der Waals surface area contributed by atoms with E-state index in [0.29, 0.717) is 34.7 Å². The molecule has 1 aliphatic rings. The van der Waals surface area contributed by atoms with Crippen molar-refractivity contribution in [2.75, 3.05) is 13.7 Å².